The van der Waals surface area contributed by atoms with Crippen molar-refractivity contribution in [3.8, 4) is 0 Å². The van der Waals surface area contributed by atoms with E-state index in [1.807, 2.05) is 6.92 Å². The number of hydrogen-bond donors (Lipinski definition) is 1. The first-order chi connectivity index (χ1) is 9.69. The number of nitrogens with zero attached hydrogens (tertiary/aromatic N) is 2. The molecule has 0 aromatic carbocycles. The molecule has 0 radical (unpaired) electrons. The fraction of sp³-hybridized carbons (Fsp3) is 0.667. The number of carbonyl (C=O) groups is 1. The molecule has 5 heteroatoms. The molecule has 5 nitrogen and oxygen atoms in total. The van der Waals surface area contributed by atoms with Gasteiger partial charge in [0.05, 0.1) is 6.33 Å². The first-order valence-electron chi connectivity index (χ1n) is 7.51. The van der Waals surface area contributed by atoms with E-state index in [9.17, 15) is 9.59 Å². The van der Waals surface area contributed by atoms with Crippen LogP contribution in [0.25, 0.3) is 0 Å². The summed E-state index contributed by atoms with van der Waals surface area (Å²) in [4.78, 5) is 27.7. The van der Waals surface area contributed by atoms with Gasteiger partial charge in [-0.3, -0.25) is 14.2 Å². The Morgan fingerprint density at radius 3 is 2.85 bits per heavy atom. The third-order valence-electron chi connectivity index (χ3n) is 3.92. The molecule has 1 fully saturated rings. The topological polar surface area (TPSA) is 64.0 Å². The van der Waals surface area contributed by atoms with Gasteiger partial charge in [-0.1, -0.05) is 19.8 Å². The molecule has 0 saturated heterocycles. The summed E-state index contributed by atoms with van der Waals surface area (Å²) in [6, 6.07) is 1.56. The molecule has 0 bridgehead atoms. The van der Waals surface area contributed by atoms with Gasteiger partial charge in [0.15, 0.2) is 0 Å². The molecule has 20 heavy (non-hydrogen) atoms. The minimum atomic E-state index is -0.0538. The van der Waals surface area contributed by atoms with Gasteiger partial charge in [-0.25, -0.2) is 4.98 Å². The summed E-state index contributed by atoms with van der Waals surface area (Å²) in [6.07, 6.45) is 7.80. The zero-order chi connectivity index (χ0) is 14.4. The van der Waals surface area contributed by atoms with Crippen molar-refractivity contribution >= 4 is 5.91 Å². The van der Waals surface area contributed by atoms with Crippen LogP contribution in [0.1, 0.15) is 44.7 Å². The van der Waals surface area contributed by atoms with Crippen LogP contribution in [0, 0.1) is 5.92 Å². The molecule has 1 N–H and O–H groups in total. The number of aromatic nitrogens is 2. The van der Waals surface area contributed by atoms with Crippen LogP contribution in [0.15, 0.2) is 17.2 Å². The molecule has 1 amide bonds. The molecular formula is C15H23N3O2. The summed E-state index contributed by atoms with van der Waals surface area (Å²) in [5.74, 6) is 0.659. The number of rotatable bonds is 6. The Labute approximate surface area is 119 Å². The first kappa shape index (κ1) is 14.8. The van der Waals surface area contributed by atoms with Crippen molar-refractivity contribution < 1.29 is 4.79 Å². The van der Waals surface area contributed by atoms with E-state index in [0.29, 0.717) is 25.4 Å². The fourth-order valence-corrected chi connectivity index (χ4v) is 2.69. The molecule has 1 heterocycles. The molecule has 1 aromatic heterocycles. The second-order valence-electron chi connectivity index (χ2n) is 5.47. The lowest BCUT2D eigenvalue weighted by atomic mass is 10.0. The molecule has 0 spiro atoms. The molecule has 1 aliphatic rings. The second-order valence-corrected chi connectivity index (χ2v) is 5.47. The van der Waals surface area contributed by atoms with Crippen LogP contribution in [0.5, 0.6) is 0 Å². The average molecular weight is 277 g/mol. The van der Waals surface area contributed by atoms with Gasteiger partial charge in [-0.05, 0) is 25.2 Å². The van der Waals surface area contributed by atoms with Gasteiger partial charge in [0.1, 0.15) is 0 Å². The fourth-order valence-electron chi connectivity index (χ4n) is 2.69. The number of amides is 1. The van der Waals surface area contributed by atoms with Crippen LogP contribution in [-0.4, -0.2) is 22.0 Å². The third-order valence-corrected chi connectivity index (χ3v) is 3.92. The highest BCUT2D eigenvalue weighted by Crippen LogP contribution is 2.27. The van der Waals surface area contributed by atoms with Crippen molar-refractivity contribution in [1.29, 1.82) is 0 Å². The van der Waals surface area contributed by atoms with Gasteiger partial charge < -0.3 is 5.32 Å². The van der Waals surface area contributed by atoms with Crippen LogP contribution in [0.3, 0.4) is 0 Å². The van der Waals surface area contributed by atoms with Crippen LogP contribution in [0.2, 0.25) is 0 Å². The van der Waals surface area contributed by atoms with Crippen molar-refractivity contribution in [3.63, 3.8) is 0 Å². The maximum absolute atomic E-state index is 11.8. The van der Waals surface area contributed by atoms with Gasteiger partial charge in [-0.15, -0.1) is 0 Å². The predicted octanol–water partition coefficient (Wildman–Crippen LogP) is 1.50. The highest BCUT2D eigenvalue weighted by atomic mass is 16.1. The van der Waals surface area contributed by atoms with E-state index in [2.05, 4.69) is 10.3 Å². The van der Waals surface area contributed by atoms with Crippen LogP contribution >= 0.6 is 0 Å². The Kier molecular flexibility index (Phi) is 5.32. The number of nitrogens with one attached hydrogen (secondary N) is 1. The molecule has 1 aliphatic carbocycles. The molecule has 0 aliphatic heterocycles. The largest absolute Gasteiger partial charge is 0.354 e. The van der Waals surface area contributed by atoms with Gasteiger partial charge in [-0.2, -0.15) is 0 Å². The van der Waals surface area contributed by atoms with Crippen molar-refractivity contribution in [2.75, 3.05) is 6.54 Å². The van der Waals surface area contributed by atoms with E-state index >= 15 is 0 Å². The lowest BCUT2D eigenvalue weighted by molar-refractivity contribution is -0.122. The highest BCUT2D eigenvalue weighted by molar-refractivity contribution is 5.76. The number of carbonyl (C=O) groups excluding carboxylic acids is 1. The monoisotopic (exact) mass is 277 g/mol. The summed E-state index contributed by atoms with van der Waals surface area (Å²) < 4.78 is 1.54. The van der Waals surface area contributed by atoms with E-state index in [4.69, 9.17) is 0 Å². The number of aryl methyl sites for hydroxylation is 1. The van der Waals surface area contributed by atoms with E-state index in [1.54, 1.807) is 12.4 Å². The van der Waals surface area contributed by atoms with Gasteiger partial charge in [0, 0.05) is 31.3 Å². The normalized spacial score (nSPS) is 15.4. The average Bonchev–Trinajstić information content (AvgIpc) is 2.93. The lowest BCUT2D eigenvalue weighted by Gasteiger charge is -2.10. The first-order valence-corrected chi connectivity index (χ1v) is 7.51. The maximum Gasteiger partial charge on any atom is 0.253 e. The van der Waals surface area contributed by atoms with Crippen molar-refractivity contribution in [1.82, 2.24) is 14.9 Å². The van der Waals surface area contributed by atoms with Gasteiger partial charge in [0.25, 0.3) is 5.56 Å². The summed E-state index contributed by atoms with van der Waals surface area (Å²) >= 11 is 0. The van der Waals surface area contributed by atoms with E-state index in [1.165, 1.54) is 30.3 Å². The second kappa shape index (κ2) is 7.22. The number of hydrogen-bond acceptors (Lipinski definition) is 3. The quantitative estimate of drug-likeness (QED) is 0.857. The molecule has 0 unspecified atom stereocenters. The van der Waals surface area contributed by atoms with Crippen LogP contribution in [0.4, 0.5) is 0 Å². The molecule has 1 saturated carbocycles. The van der Waals surface area contributed by atoms with Crippen LogP contribution in [-0.2, 0) is 17.8 Å². The Balaban J connectivity index is 1.75. The zero-order valence-corrected chi connectivity index (χ0v) is 12.1. The van der Waals surface area contributed by atoms with Gasteiger partial charge in [0.2, 0.25) is 5.91 Å². The molecule has 0 atom stereocenters. The van der Waals surface area contributed by atoms with E-state index < -0.39 is 0 Å². The lowest BCUT2D eigenvalue weighted by Crippen LogP contribution is -2.31. The minimum absolute atomic E-state index is 0.0538. The third kappa shape index (κ3) is 4.18. The van der Waals surface area contributed by atoms with Crippen molar-refractivity contribution in [2.24, 2.45) is 5.92 Å². The summed E-state index contributed by atoms with van der Waals surface area (Å²) in [6.45, 7) is 2.93. The van der Waals surface area contributed by atoms with Crippen molar-refractivity contribution in [3.05, 3.63) is 28.4 Å². The summed E-state index contributed by atoms with van der Waals surface area (Å²) in [5, 5.41) is 2.89. The standard InChI is InChI=1S/C15H23N3O2/c1-2-13-10-15(20)18(11-17-13)8-7-16-14(19)9-12-5-3-4-6-12/h10-12H,2-9H2,1H3,(H,16,19). The Bertz CT molecular complexity index is 504. The predicted molar refractivity (Wildman–Crippen MR) is 77.5 cm³/mol. The summed E-state index contributed by atoms with van der Waals surface area (Å²) in [7, 11) is 0. The van der Waals surface area contributed by atoms with E-state index in [-0.39, 0.29) is 11.5 Å². The summed E-state index contributed by atoms with van der Waals surface area (Å²) in [5.41, 5.74) is 0.749. The smallest absolute Gasteiger partial charge is 0.253 e. The SMILES string of the molecule is CCc1cc(=O)n(CCNC(=O)CC2CCCC2)cn1. The Hall–Kier alpha value is -1.65. The van der Waals surface area contributed by atoms with Crippen molar-refractivity contribution in [2.45, 2.75) is 52.0 Å². The minimum Gasteiger partial charge on any atom is -0.354 e. The molecule has 1 aromatic rings. The molecular weight excluding hydrogens is 254 g/mol. The van der Waals surface area contributed by atoms with Gasteiger partial charge >= 0.3 is 0 Å². The highest BCUT2D eigenvalue weighted by Gasteiger charge is 2.17. The maximum atomic E-state index is 11.8. The van der Waals surface area contributed by atoms with E-state index in [0.717, 1.165) is 12.1 Å². The molecule has 2 rings (SSSR count). The Morgan fingerprint density at radius 1 is 1.45 bits per heavy atom. The zero-order valence-electron chi connectivity index (χ0n) is 12.1. The molecule has 110 valence electrons. The Morgan fingerprint density at radius 2 is 2.20 bits per heavy atom. The van der Waals surface area contributed by atoms with Crippen LogP contribution < -0.4 is 10.9 Å².